The van der Waals surface area contributed by atoms with E-state index in [1.165, 1.54) is 26.0 Å². The zero-order valence-electron chi connectivity index (χ0n) is 48.1. The first-order valence-electron chi connectivity index (χ1n) is 26.2. The Morgan fingerprint density at radius 2 is 1.47 bits per heavy atom. The normalized spacial score (nSPS) is 22.9. The van der Waals surface area contributed by atoms with Crippen molar-refractivity contribution in [3.05, 3.63) is 22.4 Å². The van der Waals surface area contributed by atoms with Gasteiger partial charge in [0, 0.05) is 65.0 Å². The lowest BCUT2D eigenvalue weighted by Crippen LogP contribution is -2.63. The first kappa shape index (κ1) is 66.4. The summed E-state index contributed by atoms with van der Waals surface area (Å²) in [5.74, 6) is -5.05. The summed E-state index contributed by atoms with van der Waals surface area (Å²) in [6.45, 7) is 18.6. The predicted molar refractivity (Wildman–Crippen MR) is 289 cm³/mol. The SMILES string of the molecule is CCC(C)[C@@H]([C@@H](CC(=O)N1CCC[C@H]1[C@H](OC)[C@@H](C)C(=O)NC(CSCc1cccs1)/C(C)=N\O[C@@H]1O[C@H](C(=O)OC)[C@H](OC(C)=O)[C@H](OC(C)=O)[C@@H]1OC(C)=O)OC)N(C)C(=O)[C@H](NC(=O)[C@H](C(C)C)N(C)C)C(C)C. The van der Waals surface area contributed by atoms with Crippen molar-refractivity contribution in [2.24, 2.45) is 28.8 Å². The first-order chi connectivity index (χ1) is 36.2. The van der Waals surface area contributed by atoms with Crippen molar-refractivity contribution in [2.75, 3.05) is 54.8 Å². The maximum atomic E-state index is 14.6. The monoisotopic (exact) mass is 1130 g/mol. The summed E-state index contributed by atoms with van der Waals surface area (Å²) in [5, 5.41) is 12.4. The van der Waals surface area contributed by atoms with Gasteiger partial charge < -0.3 is 58.4 Å². The number of thiophene rings is 1. The number of carbonyl (C=O) groups is 8. The van der Waals surface area contributed by atoms with Crippen LogP contribution in [-0.4, -0.2) is 196 Å². The Morgan fingerprint density at radius 3 is 1.99 bits per heavy atom. The highest BCUT2D eigenvalue weighted by molar-refractivity contribution is 7.98. The molecule has 0 radical (unpaired) electrons. The molecular formula is C53H86N6O16S2. The molecule has 2 N–H and O–H groups in total. The standard InChI is InChI=1S/C53H86N6O16S2/c1-18-30(6)43(58(14)51(66)41(28(2)3)55-50(65)42(29(4)5)57(12)13)39(68-15)25-40(63)59-23-19-22-38(59)44(69-16)31(7)49(64)54-37(27-76-26-36-21-20-24-77-36)32(8)56-75-53-48(73-35(11)62)46(72-34(10)61)45(71-33(9)60)47(74-53)52(67)70-17/h20-21,24,28-31,37-39,41-48,53H,18-19,22-23,25-27H2,1-17H3,(H,54,64)(H,55,65)/b56-32-/t30?,31-,37?,38+,39-,41-,42+,43+,44-,45-,46+,47+,48+,53+/m1/s1. The molecule has 2 unspecified atom stereocenters. The molecule has 14 atom stereocenters. The number of methoxy groups -OCH3 is 3. The molecule has 0 bridgehead atoms. The molecule has 0 spiro atoms. The quantitative estimate of drug-likeness (QED) is 0.0493. The highest BCUT2D eigenvalue weighted by Crippen LogP contribution is 2.33. The molecule has 3 heterocycles. The van der Waals surface area contributed by atoms with Crippen molar-refractivity contribution in [3.63, 3.8) is 0 Å². The molecule has 436 valence electrons. The van der Waals surface area contributed by atoms with Gasteiger partial charge in [0.1, 0.15) is 6.04 Å². The molecule has 0 aliphatic carbocycles. The fourth-order valence-electron chi connectivity index (χ4n) is 10.0. The Balaban J connectivity index is 1.92. The Bertz CT molecular complexity index is 2140. The maximum absolute atomic E-state index is 14.6. The highest BCUT2D eigenvalue weighted by Gasteiger charge is 2.56. The smallest absolute Gasteiger partial charge is 0.339 e. The second kappa shape index (κ2) is 31.6. The van der Waals surface area contributed by atoms with Crippen molar-refractivity contribution < 1.29 is 76.4 Å². The van der Waals surface area contributed by atoms with Gasteiger partial charge in [-0.05, 0) is 63.1 Å². The van der Waals surface area contributed by atoms with E-state index in [1.54, 1.807) is 42.0 Å². The molecule has 24 heteroatoms. The number of hydrogen-bond donors (Lipinski definition) is 2. The number of nitrogens with zero attached hydrogens (tertiary/aromatic N) is 4. The zero-order valence-corrected chi connectivity index (χ0v) is 49.7. The Hall–Kier alpha value is -4.88. The molecule has 22 nitrogen and oxygen atoms in total. The number of carbonyl (C=O) groups excluding carboxylic acids is 8. The molecule has 0 saturated carbocycles. The van der Waals surface area contributed by atoms with Gasteiger partial charge in [-0.15, -0.1) is 11.3 Å². The molecule has 3 rings (SSSR count). The van der Waals surface area contributed by atoms with Gasteiger partial charge in [-0.3, -0.25) is 38.5 Å². The topological polar surface area (TPSA) is 257 Å². The molecule has 0 aromatic carbocycles. The largest absolute Gasteiger partial charge is 0.467 e. The Morgan fingerprint density at radius 1 is 0.844 bits per heavy atom. The van der Waals surface area contributed by atoms with Gasteiger partial charge in [-0.25, -0.2) is 4.79 Å². The number of oxime groups is 1. The number of amides is 4. The lowest BCUT2D eigenvalue weighted by molar-refractivity contribution is -0.302. The lowest BCUT2D eigenvalue weighted by atomic mass is 9.89. The Kier molecular flexibility index (Phi) is 27.3. The van der Waals surface area contributed by atoms with Crippen LogP contribution in [0.3, 0.4) is 0 Å². The lowest BCUT2D eigenvalue weighted by Gasteiger charge is -2.42. The first-order valence-corrected chi connectivity index (χ1v) is 28.2. The van der Waals surface area contributed by atoms with E-state index in [2.05, 4.69) is 15.8 Å². The summed E-state index contributed by atoms with van der Waals surface area (Å²) in [4.78, 5) is 119. The molecule has 2 saturated heterocycles. The third-order valence-corrected chi connectivity index (χ3v) is 16.2. The van der Waals surface area contributed by atoms with Gasteiger partial charge >= 0.3 is 23.9 Å². The molecular weight excluding hydrogens is 1040 g/mol. The number of likely N-dealkylation sites (N-methyl/N-ethyl adjacent to an activating group) is 2. The van der Waals surface area contributed by atoms with E-state index in [1.807, 2.05) is 78.1 Å². The maximum Gasteiger partial charge on any atom is 0.339 e. The second-order valence-electron chi connectivity index (χ2n) is 20.6. The van der Waals surface area contributed by atoms with E-state index in [-0.39, 0.29) is 47.6 Å². The van der Waals surface area contributed by atoms with Crippen LogP contribution in [-0.2, 0) is 82.1 Å². The number of rotatable bonds is 29. The van der Waals surface area contributed by atoms with E-state index in [4.69, 9.17) is 38.0 Å². The minimum absolute atomic E-state index is 0.00371. The van der Waals surface area contributed by atoms with Gasteiger partial charge in [0.15, 0.2) is 18.3 Å². The third-order valence-electron chi connectivity index (χ3n) is 14.0. The van der Waals surface area contributed by atoms with Gasteiger partial charge in [-0.2, -0.15) is 11.8 Å². The fraction of sp³-hybridized carbons (Fsp3) is 0.755. The average molecular weight is 1130 g/mol. The van der Waals surface area contributed by atoms with Crippen LogP contribution in [0.15, 0.2) is 22.7 Å². The van der Waals surface area contributed by atoms with Crippen molar-refractivity contribution in [2.45, 2.75) is 181 Å². The summed E-state index contributed by atoms with van der Waals surface area (Å²) in [7, 11) is 9.45. The number of ether oxygens (including phenoxy) is 7. The Labute approximate surface area is 462 Å². The van der Waals surface area contributed by atoms with E-state index in [0.717, 1.165) is 32.8 Å². The van der Waals surface area contributed by atoms with Crippen molar-refractivity contribution in [1.29, 1.82) is 0 Å². The second-order valence-corrected chi connectivity index (χ2v) is 22.7. The molecule has 4 amide bonds. The van der Waals surface area contributed by atoms with Crippen molar-refractivity contribution in [1.82, 2.24) is 25.3 Å². The molecule has 2 aliphatic heterocycles. The highest BCUT2D eigenvalue weighted by atomic mass is 32.2. The summed E-state index contributed by atoms with van der Waals surface area (Å²) >= 11 is 3.09. The molecule has 2 fully saturated rings. The van der Waals surface area contributed by atoms with Crippen LogP contribution in [0.1, 0.15) is 107 Å². The molecule has 1 aromatic heterocycles. The van der Waals surface area contributed by atoms with Crippen LogP contribution < -0.4 is 10.6 Å². The van der Waals surface area contributed by atoms with Crippen LogP contribution in [0.5, 0.6) is 0 Å². The van der Waals surface area contributed by atoms with Crippen LogP contribution in [0.2, 0.25) is 0 Å². The van der Waals surface area contributed by atoms with Crippen LogP contribution in [0, 0.1) is 23.7 Å². The number of esters is 4. The van der Waals surface area contributed by atoms with E-state index < -0.39 is 109 Å². The molecule has 77 heavy (non-hydrogen) atoms. The van der Waals surface area contributed by atoms with Crippen LogP contribution >= 0.6 is 23.1 Å². The molecule has 2 aliphatic rings. The third kappa shape index (κ3) is 18.6. The van der Waals surface area contributed by atoms with Crippen LogP contribution in [0.4, 0.5) is 0 Å². The predicted octanol–water partition coefficient (Wildman–Crippen LogP) is 4.20. The van der Waals surface area contributed by atoms with Crippen molar-refractivity contribution >= 4 is 76.3 Å². The van der Waals surface area contributed by atoms with E-state index in [9.17, 15) is 38.4 Å². The molecule has 1 aromatic rings. The summed E-state index contributed by atoms with van der Waals surface area (Å²) in [6, 6.07) is 0.798. The van der Waals surface area contributed by atoms with Gasteiger partial charge in [0.25, 0.3) is 6.29 Å². The van der Waals surface area contributed by atoms with Crippen molar-refractivity contribution in [3.8, 4) is 0 Å². The van der Waals surface area contributed by atoms with Gasteiger partial charge in [0.2, 0.25) is 29.7 Å². The minimum atomic E-state index is -1.72. The zero-order chi connectivity index (χ0) is 58.0. The van der Waals surface area contributed by atoms with E-state index in [0.29, 0.717) is 37.3 Å². The average Bonchev–Trinajstić information content (AvgIpc) is 4.08. The minimum Gasteiger partial charge on any atom is -0.467 e. The van der Waals surface area contributed by atoms with E-state index >= 15 is 0 Å². The number of thioether (sulfide) groups is 1. The summed E-state index contributed by atoms with van der Waals surface area (Å²) < 4.78 is 39.3. The van der Waals surface area contributed by atoms with Gasteiger partial charge in [0.05, 0.1) is 61.5 Å². The number of likely N-dealkylation sites (tertiary alicyclic amines) is 1. The van der Waals surface area contributed by atoms with Gasteiger partial charge in [-0.1, -0.05) is 66.1 Å². The summed E-state index contributed by atoms with van der Waals surface area (Å²) in [5.41, 5.74) is 0.224. The summed E-state index contributed by atoms with van der Waals surface area (Å²) in [6.07, 6.45) is -7.96. The fourth-order valence-corrected chi connectivity index (χ4v) is 12.0. The number of hydrogen-bond acceptors (Lipinski definition) is 20. The van der Waals surface area contributed by atoms with Crippen LogP contribution in [0.25, 0.3) is 0 Å². The number of nitrogens with one attached hydrogen (secondary N) is 2.